The van der Waals surface area contributed by atoms with Crippen LogP contribution in [0, 0.1) is 12.7 Å². The second-order valence-electron chi connectivity index (χ2n) is 7.25. The van der Waals surface area contributed by atoms with Crippen molar-refractivity contribution >= 4 is 17.2 Å². The molecule has 0 spiro atoms. The standard InChI is InChI=1S/C25H21FN2O3S/c1-16-13-21(32-23(16)25(30)28-14-17-5-3-2-4-6-17)22-20(11-12-27-24(22)29)31-15-18-7-9-19(26)10-8-18/h2-13H,14-15H2,1H3,(H,27,29)(H,28,30). The van der Waals surface area contributed by atoms with Crippen molar-refractivity contribution in [2.75, 3.05) is 0 Å². The SMILES string of the molecule is Cc1cc(-c2c(OCc3ccc(F)cc3)cc[nH]c2=O)sc1C(=O)NCc1ccccc1. The lowest BCUT2D eigenvalue weighted by molar-refractivity contribution is 0.0954. The van der Waals surface area contributed by atoms with Crippen LogP contribution in [0.4, 0.5) is 4.39 Å². The Kier molecular flexibility index (Phi) is 6.47. The highest BCUT2D eigenvalue weighted by Gasteiger charge is 2.19. The van der Waals surface area contributed by atoms with E-state index in [1.165, 1.54) is 29.7 Å². The van der Waals surface area contributed by atoms with Crippen molar-refractivity contribution in [3.05, 3.63) is 111 Å². The second kappa shape index (κ2) is 9.62. The van der Waals surface area contributed by atoms with Crippen molar-refractivity contribution in [1.82, 2.24) is 10.3 Å². The van der Waals surface area contributed by atoms with Gasteiger partial charge in [0.2, 0.25) is 0 Å². The molecule has 2 N–H and O–H groups in total. The summed E-state index contributed by atoms with van der Waals surface area (Å²) in [5, 5.41) is 2.92. The largest absolute Gasteiger partial charge is 0.488 e. The molecule has 0 atom stereocenters. The minimum atomic E-state index is -0.322. The Morgan fingerprint density at radius 2 is 1.81 bits per heavy atom. The minimum Gasteiger partial charge on any atom is -0.488 e. The van der Waals surface area contributed by atoms with Crippen molar-refractivity contribution < 1.29 is 13.9 Å². The normalized spacial score (nSPS) is 10.7. The van der Waals surface area contributed by atoms with E-state index >= 15 is 0 Å². The Morgan fingerprint density at radius 3 is 2.56 bits per heavy atom. The number of thiophene rings is 1. The van der Waals surface area contributed by atoms with Gasteiger partial charge in [-0.1, -0.05) is 42.5 Å². The molecular formula is C25H21FN2O3S. The van der Waals surface area contributed by atoms with E-state index in [0.717, 1.165) is 16.7 Å². The van der Waals surface area contributed by atoms with Crippen LogP contribution in [0.3, 0.4) is 0 Å². The summed E-state index contributed by atoms with van der Waals surface area (Å²) in [5.41, 5.74) is 2.62. The number of pyridine rings is 1. The Bertz CT molecular complexity index is 1280. The lowest BCUT2D eigenvalue weighted by Gasteiger charge is -2.10. The molecule has 162 valence electrons. The average molecular weight is 449 g/mol. The number of aromatic amines is 1. The van der Waals surface area contributed by atoms with E-state index in [4.69, 9.17) is 4.74 Å². The fourth-order valence-corrected chi connectivity index (χ4v) is 4.38. The number of H-pyrrole nitrogens is 1. The highest BCUT2D eigenvalue weighted by molar-refractivity contribution is 7.17. The fraction of sp³-hybridized carbons (Fsp3) is 0.120. The summed E-state index contributed by atoms with van der Waals surface area (Å²) < 4.78 is 19.0. The van der Waals surface area contributed by atoms with Crippen molar-refractivity contribution in [3.8, 4) is 16.2 Å². The van der Waals surface area contributed by atoms with Crippen LogP contribution in [-0.4, -0.2) is 10.9 Å². The van der Waals surface area contributed by atoms with Gasteiger partial charge in [-0.15, -0.1) is 11.3 Å². The van der Waals surface area contributed by atoms with Crippen LogP contribution in [-0.2, 0) is 13.2 Å². The number of nitrogens with one attached hydrogen (secondary N) is 2. The number of aryl methyl sites for hydroxylation is 1. The topological polar surface area (TPSA) is 71.2 Å². The molecule has 0 fully saturated rings. The number of benzene rings is 2. The number of rotatable bonds is 7. The summed E-state index contributed by atoms with van der Waals surface area (Å²) in [4.78, 5) is 29.2. The van der Waals surface area contributed by atoms with E-state index in [1.807, 2.05) is 43.3 Å². The number of amides is 1. The fourth-order valence-electron chi connectivity index (χ4n) is 3.24. The van der Waals surface area contributed by atoms with E-state index in [1.54, 1.807) is 18.2 Å². The first kappa shape index (κ1) is 21.5. The van der Waals surface area contributed by atoms with Gasteiger partial charge >= 0.3 is 0 Å². The third-order valence-corrected chi connectivity index (χ3v) is 6.15. The lowest BCUT2D eigenvalue weighted by Crippen LogP contribution is -2.22. The number of aromatic nitrogens is 1. The molecule has 1 amide bonds. The summed E-state index contributed by atoms with van der Waals surface area (Å²) in [6.45, 7) is 2.45. The molecule has 0 bridgehead atoms. The predicted molar refractivity (Wildman–Crippen MR) is 123 cm³/mol. The zero-order valence-corrected chi connectivity index (χ0v) is 18.2. The number of hydrogen-bond donors (Lipinski definition) is 2. The van der Waals surface area contributed by atoms with Gasteiger partial charge in [-0.05, 0) is 47.9 Å². The number of carbonyl (C=O) groups excluding carboxylic acids is 1. The van der Waals surface area contributed by atoms with Crippen LogP contribution in [0.2, 0.25) is 0 Å². The molecule has 0 saturated heterocycles. The maximum Gasteiger partial charge on any atom is 0.261 e. The van der Waals surface area contributed by atoms with Gasteiger partial charge in [-0.3, -0.25) is 9.59 Å². The third kappa shape index (κ3) is 4.95. The zero-order valence-electron chi connectivity index (χ0n) is 17.4. The van der Waals surface area contributed by atoms with Crippen molar-refractivity contribution in [2.24, 2.45) is 0 Å². The van der Waals surface area contributed by atoms with Crippen LogP contribution < -0.4 is 15.6 Å². The van der Waals surface area contributed by atoms with Gasteiger partial charge in [0, 0.05) is 17.6 Å². The molecule has 2 aromatic heterocycles. The van der Waals surface area contributed by atoms with E-state index in [-0.39, 0.29) is 23.9 Å². The van der Waals surface area contributed by atoms with Gasteiger partial charge in [0.1, 0.15) is 18.2 Å². The minimum absolute atomic E-state index is 0.186. The maximum absolute atomic E-state index is 13.1. The summed E-state index contributed by atoms with van der Waals surface area (Å²) in [5.74, 6) is -0.114. The summed E-state index contributed by atoms with van der Waals surface area (Å²) in [7, 11) is 0. The van der Waals surface area contributed by atoms with Gasteiger partial charge in [-0.25, -0.2) is 4.39 Å². The molecule has 2 aromatic carbocycles. The third-order valence-electron chi connectivity index (χ3n) is 4.90. The molecule has 4 rings (SSSR count). The maximum atomic E-state index is 13.1. The van der Waals surface area contributed by atoms with Crippen LogP contribution >= 0.6 is 11.3 Å². The molecule has 0 unspecified atom stereocenters. The van der Waals surface area contributed by atoms with Gasteiger partial charge < -0.3 is 15.0 Å². The van der Waals surface area contributed by atoms with Crippen molar-refractivity contribution in [1.29, 1.82) is 0 Å². The molecule has 7 heteroatoms. The summed E-state index contributed by atoms with van der Waals surface area (Å²) in [6.07, 6.45) is 1.51. The summed E-state index contributed by atoms with van der Waals surface area (Å²) in [6, 6.07) is 19.1. The molecule has 0 aliphatic heterocycles. The highest BCUT2D eigenvalue weighted by atomic mass is 32.1. The quantitative estimate of drug-likeness (QED) is 0.415. The van der Waals surface area contributed by atoms with Crippen LogP contribution in [0.5, 0.6) is 5.75 Å². The van der Waals surface area contributed by atoms with E-state index in [2.05, 4.69) is 10.3 Å². The van der Waals surface area contributed by atoms with Gasteiger partial charge in [0.05, 0.1) is 10.4 Å². The van der Waals surface area contributed by atoms with Crippen molar-refractivity contribution in [3.63, 3.8) is 0 Å². The van der Waals surface area contributed by atoms with E-state index in [0.29, 0.717) is 27.6 Å². The van der Waals surface area contributed by atoms with Crippen LogP contribution in [0.15, 0.2) is 77.7 Å². The summed E-state index contributed by atoms with van der Waals surface area (Å²) >= 11 is 1.25. The van der Waals surface area contributed by atoms with Crippen LogP contribution in [0.1, 0.15) is 26.4 Å². The second-order valence-corrected chi connectivity index (χ2v) is 8.30. The van der Waals surface area contributed by atoms with E-state index < -0.39 is 0 Å². The molecule has 0 aliphatic rings. The average Bonchev–Trinajstić information content (AvgIpc) is 3.19. The molecule has 0 aliphatic carbocycles. The van der Waals surface area contributed by atoms with Crippen molar-refractivity contribution in [2.45, 2.75) is 20.1 Å². The number of halogens is 1. The molecule has 0 radical (unpaired) electrons. The molecule has 2 heterocycles. The van der Waals surface area contributed by atoms with E-state index in [9.17, 15) is 14.0 Å². The number of ether oxygens (including phenoxy) is 1. The first-order valence-electron chi connectivity index (χ1n) is 10.0. The lowest BCUT2D eigenvalue weighted by atomic mass is 10.1. The highest BCUT2D eigenvalue weighted by Crippen LogP contribution is 2.34. The van der Waals surface area contributed by atoms with Gasteiger partial charge in [0.15, 0.2) is 0 Å². The molecule has 4 aromatic rings. The Morgan fingerprint density at radius 1 is 1.06 bits per heavy atom. The Balaban J connectivity index is 1.55. The molecular weight excluding hydrogens is 427 g/mol. The number of carbonyl (C=O) groups is 1. The predicted octanol–water partition coefficient (Wildman–Crippen LogP) is 5.06. The smallest absolute Gasteiger partial charge is 0.261 e. The van der Waals surface area contributed by atoms with Crippen LogP contribution in [0.25, 0.3) is 10.4 Å². The molecule has 5 nitrogen and oxygen atoms in total. The first-order valence-corrected chi connectivity index (χ1v) is 10.8. The molecule has 32 heavy (non-hydrogen) atoms. The number of hydrogen-bond acceptors (Lipinski definition) is 4. The Labute approximate surface area is 188 Å². The van der Waals surface area contributed by atoms with Gasteiger partial charge in [0.25, 0.3) is 11.5 Å². The zero-order chi connectivity index (χ0) is 22.5. The molecule has 0 saturated carbocycles. The first-order chi connectivity index (χ1) is 15.5. The van der Waals surface area contributed by atoms with Gasteiger partial charge in [-0.2, -0.15) is 0 Å². The Hall–Kier alpha value is -3.71. The monoisotopic (exact) mass is 448 g/mol.